The minimum absolute atomic E-state index is 0.0138. The Labute approximate surface area is 164 Å². The van der Waals surface area contributed by atoms with Crippen molar-refractivity contribution in [3.63, 3.8) is 0 Å². The molecule has 0 radical (unpaired) electrons. The molecule has 0 aromatic heterocycles. The van der Waals surface area contributed by atoms with Gasteiger partial charge >= 0.3 is 8.56 Å². The third-order valence-electron chi connectivity index (χ3n) is 5.67. The smallest absolute Gasteiger partial charge is 0.349 e. The molecule has 0 saturated carbocycles. The third-order valence-corrected chi connectivity index (χ3v) is 11.0. The standard InChI is InChI=1S/C19H35ClO5Si/c1-12(9-16(20)21)17-14(22-8)10-13-15(24-17)11-23-26(25-13,18(2,3)4)19(5,6)7/h12-15,17H,9-11H2,1-8H3/t12-,13+,14-,15?,17-/m0/s1. The van der Waals surface area contributed by atoms with Gasteiger partial charge in [-0.2, -0.15) is 0 Å². The monoisotopic (exact) mass is 406 g/mol. The number of hydrogen-bond donors (Lipinski definition) is 0. The molecule has 2 rings (SSSR count). The minimum Gasteiger partial charge on any atom is -0.391 e. The number of methoxy groups -OCH3 is 1. The molecule has 2 fully saturated rings. The summed E-state index contributed by atoms with van der Waals surface area (Å²) in [6, 6.07) is 0. The molecule has 5 nitrogen and oxygen atoms in total. The van der Waals surface area contributed by atoms with Gasteiger partial charge in [-0.15, -0.1) is 0 Å². The van der Waals surface area contributed by atoms with E-state index >= 15 is 0 Å². The van der Waals surface area contributed by atoms with Gasteiger partial charge in [-0.05, 0) is 17.5 Å². The fourth-order valence-electron chi connectivity index (χ4n) is 4.62. The fraction of sp³-hybridized carbons (Fsp3) is 0.947. The van der Waals surface area contributed by atoms with E-state index in [4.69, 9.17) is 29.9 Å². The van der Waals surface area contributed by atoms with Crippen LogP contribution >= 0.6 is 11.6 Å². The van der Waals surface area contributed by atoms with Crippen LogP contribution in [0.3, 0.4) is 0 Å². The number of halogens is 1. The van der Waals surface area contributed by atoms with Gasteiger partial charge in [0.15, 0.2) is 0 Å². The third kappa shape index (κ3) is 4.20. The van der Waals surface area contributed by atoms with Gasteiger partial charge in [-0.1, -0.05) is 48.5 Å². The van der Waals surface area contributed by atoms with E-state index in [0.29, 0.717) is 6.61 Å². The molecule has 0 spiro atoms. The summed E-state index contributed by atoms with van der Waals surface area (Å²) in [5.41, 5.74) is 0. The van der Waals surface area contributed by atoms with E-state index in [0.717, 1.165) is 6.42 Å². The summed E-state index contributed by atoms with van der Waals surface area (Å²) >= 11 is 5.58. The first kappa shape index (κ1) is 22.3. The molecule has 5 atom stereocenters. The SMILES string of the molecule is CO[C@H]1C[C@H]2O[Si](C(C)(C)C)(C(C)(C)C)OCC2O[C@H]1[C@@H](C)CC(=O)Cl. The van der Waals surface area contributed by atoms with Crippen LogP contribution in [-0.2, 0) is 23.1 Å². The van der Waals surface area contributed by atoms with Crippen molar-refractivity contribution in [2.45, 2.75) is 95.8 Å². The maximum atomic E-state index is 11.3. The summed E-state index contributed by atoms with van der Waals surface area (Å²) in [5.74, 6) is -0.0138. The van der Waals surface area contributed by atoms with Crippen molar-refractivity contribution in [1.29, 1.82) is 0 Å². The lowest BCUT2D eigenvalue weighted by Gasteiger charge is -2.57. The molecule has 2 aliphatic rings. The van der Waals surface area contributed by atoms with Gasteiger partial charge in [0, 0.05) is 30.0 Å². The van der Waals surface area contributed by atoms with Crippen molar-refractivity contribution >= 4 is 25.4 Å². The molecule has 2 heterocycles. The average molecular weight is 407 g/mol. The van der Waals surface area contributed by atoms with E-state index in [1.807, 2.05) is 6.92 Å². The van der Waals surface area contributed by atoms with Crippen molar-refractivity contribution in [2.75, 3.05) is 13.7 Å². The Morgan fingerprint density at radius 3 is 2.23 bits per heavy atom. The Hall–Kier alpha value is 0.0169. The van der Waals surface area contributed by atoms with Gasteiger partial charge in [-0.3, -0.25) is 4.79 Å². The van der Waals surface area contributed by atoms with Crippen LogP contribution in [0.15, 0.2) is 0 Å². The van der Waals surface area contributed by atoms with E-state index in [2.05, 4.69) is 41.5 Å². The molecule has 7 heteroatoms. The maximum Gasteiger partial charge on any atom is 0.349 e. The van der Waals surface area contributed by atoms with Crippen LogP contribution in [-0.4, -0.2) is 51.9 Å². The van der Waals surface area contributed by atoms with Crippen LogP contribution in [0.25, 0.3) is 0 Å². The number of hydrogen-bond acceptors (Lipinski definition) is 5. The number of fused-ring (bicyclic) bond motifs is 1. The summed E-state index contributed by atoms with van der Waals surface area (Å²) in [7, 11) is -0.834. The normalized spacial score (nSPS) is 33.4. The zero-order chi connectivity index (χ0) is 19.9. The molecular weight excluding hydrogens is 372 g/mol. The Morgan fingerprint density at radius 1 is 1.19 bits per heavy atom. The van der Waals surface area contributed by atoms with Gasteiger partial charge in [0.25, 0.3) is 0 Å². The van der Waals surface area contributed by atoms with E-state index in [-0.39, 0.29) is 52.1 Å². The molecule has 0 N–H and O–H groups in total. The van der Waals surface area contributed by atoms with Crippen LogP contribution in [0.1, 0.15) is 61.3 Å². The summed E-state index contributed by atoms with van der Waals surface area (Å²) in [5, 5.41) is -0.469. The molecule has 26 heavy (non-hydrogen) atoms. The van der Waals surface area contributed by atoms with Crippen molar-refractivity contribution in [3.8, 4) is 0 Å². The lowest BCUT2D eigenvalue weighted by Crippen LogP contribution is -2.67. The highest BCUT2D eigenvalue weighted by Gasteiger charge is 2.63. The van der Waals surface area contributed by atoms with Crippen molar-refractivity contribution in [2.24, 2.45) is 5.92 Å². The summed E-state index contributed by atoms with van der Waals surface area (Å²) in [6.45, 7) is 15.8. The van der Waals surface area contributed by atoms with E-state index in [1.165, 1.54) is 0 Å². The molecule has 0 aliphatic carbocycles. The molecule has 0 bridgehead atoms. The second kappa shape index (κ2) is 7.80. The van der Waals surface area contributed by atoms with Gasteiger partial charge in [-0.25, -0.2) is 0 Å². The van der Waals surface area contributed by atoms with Crippen LogP contribution < -0.4 is 0 Å². The van der Waals surface area contributed by atoms with Gasteiger partial charge < -0.3 is 18.3 Å². The molecule has 0 aromatic rings. The lowest BCUT2D eigenvalue weighted by atomic mass is 9.89. The predicted molar refractivity (Wildman–Crippen MR) is 105 cm³/mol. The largest absolute Gasteiger partial charge is 0.391 e. The van der Waals surface area contributed by atoms with Crippen molar-refractivity contribution in [3.05, 3.63) is 0 Å². The zero-order valence-corrected chi connectivity index (χ0v) is 19.2. The van der Waals surface area contributed by atoms with Crippen LogP contribution in [0.5, 0.6) is 0 Å². The van der Waals surface area contributed by atoms with Gasteiger partial charge in [0.05, 0.1) is 24.9 Å². The van der Waals surface area contributed by atoms with E-state index in [9.17, 15) is 4.79 Å². The highest BCUT2D eigenvalue weighted by atomic mass is 35.5. The second-order valence-electron chi connectivity index (χ2n) is 9.77. The molecule has 1 unspecified atom stereocenters. The Balaban J connectivity index is 2.22. The highest BCUT2D eigenvalue weighted by Crippen LogP contribution is 2.55. The van der Waals surface area contributed by atoms with Crippen LogP contribution in [0, 0.1) is 5.92 Å². The quantitative estimate of drug-likeness (QED) is 0.511. The fourth-order valence-corrected chi connectivity index (χ4v) is 9.83. The molecule has 2 saturated heterocycles. The lowest BCUT2D eigenvalue weighted by molar-refractivity contribution is -0.216. The van der Waals surface area contributed by atoms with E-state index in [1.54, 1.807) is 7.11 Å². The maximum absolute atomic E-state index is 11.3. The Morgan fingerprint density at radius 2 is 1.77 bits per heavy atom. The van der Waals surface area contributed by atoms with Crippen molar-refractivity contribution in [1.82, 2.24) is 0 Å². The molecule has 152 valence electrons. The molecule has 0 aromatic carbocycles. The van der Waals surface area contributed by atoms with Crippen LogP contribution in [0.2, 0.25) is 10.1 Å². The van der Waals surface area contributed by atoms with Gasteiger partial charge in [0.1, 0.15) is 6.10 Å². The van der Waals surface area contributed by atoms with Crippen molar-refractivity contribution < 1.29 is 23.1 Å². The van der Waals surface area contributed by atoms with Crippen LogP contribution in [0.4, 0.5) is 0 Å². The first-order valence-electron chi connectivity index (χ1n) is 9.50. The number of carbonyl (C=O) groups excluding carboxylic acids is 1. The number of ether oxygens (including phenoxy) is 2. The highest BCUT2D eigenvalue weighted by molar-refractivity contribution is 6.73. The topological polar surface area (TPSA) is 54.0 Å². The Bertz CT molecular complexity index is 499. The minimum atomic E-state index is -2.52. The average Bonchev–Trinajstić information content (AvgIpc) is 2.50. The first-order chi connectivity index (χ1) is 11.8. The molecule has 0 amide bonds. The zero-order valence-electron chi connectivity index (χ0n) is 17.4. The summed E-state index contributed by atoms with van der Waals surface area (Å²) in [6.07, 6.45) is 0.533. The first-order valence-corrected chi connectivity index (χ1v) is 11.7. The van der Waals surface area contributed by atoms with Gasteiger partial charge in [0.2, 0.25) is 5.24 Å². The second-order valence-corrected chi connectivity index (χ2v) is 14.9. The predicted octanol–water partition coefficient (Wildman–Crippen LogP) is 4.41. The molecular formula is C19H35ClO5Si. The molecule has 2 aliphatic heterocycles. The summed E-state index contributed by atoms with van der Waals surface area (Å²) in [4.78, 5) is 11.3. The number of rotatable bonds is 4. The number of carbonyl (C=O) groups is 1. The summed E-state index contributed by atoms with van der Waals surface area (Å²) < 4.78 is 25.3. The van der Waals surface area contributed by atoms with E-state index < -0.39 is 8.56 Å². The Kier molecular flexibility index (Phi) is 6.69.